The zero-order chi connectivity index (χ0) is 13.0. The SMILES string of the molecule is CCC(=O)N(C)CCNc1c[nH]c2ccccc12. The van der Waals surface area contributed by atoms with E-state index >= 15 is 0 Å². The van der Waals surface area contributed by atoms with Crippen LogP contribution in [0.15, 0.2) is 30.5 Å². The minimum Gasteiger partial charge on any atom is -0.382 e. The third-order valence-corrected chi connectivity index (χ3v) is 3.08. The summed E-state index contributed by atoms with van der Waals surface area (Å²) in [6.07, 6.45) is 2.52. The maximum Gasteiger partial charge on any atom is 0.222 e. The number of carbonyl (C=O) groups excluding carboxylic acids is 1. The Kier molecular flexibility index (Phi) is 3.87. The normalized spacial score (nSPS) is 10.6. The van der Waals surface area contributed by atoms with Crippen molar-refractivity contribution in [2.24, 2.45) is 0 Å². The van der Waals surface area contributed by atoms with Gasteiger partial charge in [-0.2, -0.15) is 0 Å². The van der Waals surface area contributed by atoms with E-state index in [1.807, 2.05) is 38.4 Å². The molecule has 1 aromatic heterocycles. The van der Waals surface area contributed by atoms with E-state index in [1.165, 1.54) is 5.39 Å². The molecule has 1 heterocycles. The molecule has 96 valence electrons. The molecule has 0 aliphatic rings. The smallest absolute Gasteiger partial charge is 0.222 e. The Balaban J connectivity index is 1.93. The molecule has 1 amide bonds. The highest BCUT2D eigenvalue weighted by molar-refractivity contribution is 5.92. The van der Waals surface area contributed by atoms with Crippen LogP contribution in [0.3, 0.4) is 0 Å². The number of nitrogens with zero attached hydrogens (tertiary/aromatic N) is 1. The minimum atomic E-state index is 0.177. The molecule has 4 nitrogen and oxygen atoms in total. The zero-order valence-electron chi connectivity index (χ0n) is 10.9. The van der Waals surface area contributed by atoms with Crippen molar-refractivity contribution >= 4 is 22.5 Å². The number of hydrogen-bond donors (Lipinski definition) is 2. The third-order valence-electron chi connectivity index (χ3n) is 3.08. The summed E-state index contributed by atoms with van der Waals surface area (Å²) in [7, 11) is 1.84. The van der Waals surface area contributed by atoms with Gasteiger partial charge in [-0.05, 0) is 6.07 Å². The Morgan fingerprint density at radius 2 is 2.17 bits per heavy atom. The highest BCUT2D eigenvalue weighted by Crippen LogP contribution is 2.21. The summed E-state index contributed by atoms with van der Waals surface area (Å²) in [5.41, 5.74) is 2.21. The summed E-state index contributed by atoms with van der Waals surface area (Å²) in [4.78, 5) is 16.4. The number of nitrogens with one attached hydrogen (secondary N) is 2. The fourth-order valence-corrected chi connectivity index (χ4v) is 1.97. The molecule has 0 aliphatic heterocycles. The van der Waals surface area contributed by atoms with Crippen molar-refractivity contribution in [3.8, 4) is 0 Å². The van der Waals surface area contributed by atoms with E-state index in [4.69, 9.17) is 0 Å². The molecule has 0 radical (unpaired) electrons. The van der Waals surface area contributed by atoms with Gasteiger partial charge in [-0.25, -0.2) is 0 Å². The highest BCUT2D eigenvalue weighted by Gasteiger charge is 2.06. The number of aromatic amines is 1. The summed E-state index contributed by atoms with van der Waals surface area (Å²) >= 11 is 0. The Bertz CT molecular complexity index is 533. The molecule has 2 aromatic rings. The number of amides is 1. The Labute approximate surface area is 107 Å². The fourth-order valence-electron chi connectivity index (χ4n) is 1.97. The molecule has 0 spiro atoms. The van der Waals surface area contributed by atoms with Crippen molar-refractivity contribution in [2.75, 3.05) is 25.5 Å². The van der Waals surface area contributed by atoms with Crippen LogP contribution >= 0.6 is 0 Å². The van der Waals surface area contributed by atoms with Gasteiger partial charge in [0.05, 0.1) is 5.69 Å². The van der Waals surface area contributed by atoms with Crippen LogP contribution in [0.1, 0.15) is 13.3 Å². The number of H-pyrrole nitrogens is 1. The lowest BCUT2D eigenvalue weighted by Crippen LogP contribution is -2.30. The van der Waals surface area contributed by atoms with Crippen molar-refractivity contribution < 1.29 is 4.79 Å². The second-order valence-corrected chi connectivity index (χ2v) is 4.34. The Morgan fingerprint density at radius 1 is 1.39 bits per heavy atom. The van der Waals surface area contributed by atoms with Crippen molar-refractivity contribution in [1.82, 2.24) is 9.88 Å². The highest BCUT2D eigenvalue weighted by atomic mass is 16.2. The van der Waals surface area contributed by atoms with E-state index in [9.17, 15) is 4.79 Å². The first-order valence-corrected chi connectivity index (χ1v) is 6.26. The molecule has 0 bridgehead atoms. The molecule has 0 fully saturated rings. The third kappa shape index (κ3) is 2.64. The average Bonchev–Trinajstić information content (AvgIpc) is 2.81. The first-order chi connectivity index (χ1) is 8.72. The Hall–Kier alpha value is -1.97. The Morgan fingerprint density at radius 3 is 2.94 bits per heavy atom. The predicted molar refractivity (Wildman–Crippen MR) is 74.7 cm³/mol. The largest absolute Gasteiger partial charge is 0.382 e. The van der Waals surface area contributed by atoms with Gasteiger partial charge in [0.1, 0.15) is 0 Å². The number of hydrogen-bond acceptors (Lipinski definition) is 2. The molecule has 0 saturated heterocycles. The van der Waals surface area contributed by atoms with Crippen molar-refractivity contribution in [2.45, 2.75) is 13.3 Å². The number of para-hydroxylation sites is 1. The van der Waals surface area contributed by atoms with Crippen LogP contribution in [0.4, 0.5) is 5.69 Å². The van der Waals surface area contributed by atoms with Gasteiger partial charge >= 0.3 is 0 Å². The van der Waals surface area contributed by atoms with Gasteiger partial charge in [-0.15, -0.1) is 0 Å². The molecule has 0 saturated carbocycles. The molecule has 0 aliphatic carbocycles. The summed E-state index contributed by atoms with van der Waals surface area (Å²) in [5, 5.41) is 4.53. The lowest BCUT2D eigenvalue weighted by atomic mass is 10.2. The van der Waals surface area contributed by atoms with Crippen LogP contribution < -0.4 is 5.32 Å². The van der Waals surface area contributed by atoms with Crippen LogP contribution in [0.25, 0.3) is 10.9 Å². The quantitative estimate of drug-likeness (QED) is 0.850. The van der Waals surface area contributed by atoms with Gasteiger partial charge in [0, 0.05) is 43.7 Å². The van der Waals surface area contributed by atoms with E-state index < -0.39 is 0 Å². The van der Waals surface area contributed by atoms with Crippen LogP contribution in [0.5, 0.6) is 0 Å². The molecule has 0 unspecified atom stereocenters. The van der Waals surface area contributed by atoms with Crippen molar-refractivity contribution in [1.29, 1.82) is 0 Å². The first-order valence-electron chi connectivity index (χ1n) is 6.26. The lowest BCUT2D eigenvalue weighted by molar-refractivity contribution is -0.129. The van der Waals surface area contributed by atoms with E-state index in [0.717, 1.165) is 17.7 Å². The van der Waals surface area contributed by atoms with Crippen LogP contribution in [0.2, 0.25) is 0 Å². The lowest BCUT2D eigenvalue weighted by Gasteiger charge is -2.16. The minimum absolute atomic E-state index is 0.177. The number of likely N-dealkylation sites (N-methyl/N-ethyl adjacent to an activating group) is 1. The molecule has 2 rings (SSSR count). The summed E-state index contributed by atoms with van der Waals surface area (Å²) < 4.78 is 0. The zero-order valence-corrected chi connectivity index (χ0v) is 10.9. The second kappa shape index (κ2) is 5.58. The molecule has 18 heavy (non-hydrogen) atoms. The van der Waals surface area contributed by atoms with E-state index in [0.29, 0.717) is 13.0 Å². The topological polar surface area (TPSA) is 48.1 Å². The fraction of sp³-hybridized carbons (Fsp3) is 0.357. The molecule has 4 heteroatoms. The van der Waals surface area contributed by atoms with Gasteiger partial charge in [0.15, 0.2) is 0 Å². The van der Waals surface area contributed by atoms with Crippen molar-refractivity contribution in [3.63, 3.8) is 0 Å². The summed E-state index contributed by atoms with van der Waals surface area (Å²) in [6, 6.07) is 8.16. The average molecular weight is 245 g/mol. The number of aromatic nitrogens is 1. The first kappa shape index (κ1) is 12.5. The predicted octanol–water partition coefficient (Wildman–Crippen LogP) is 2.45. The summed E-state index contributed by atoms with van der Waals surface area (Å²) in [5.74, 6) is 0.177. The number of fused-ring (bicyclic) bond motifs is 1. The van der Waals surface area contributed by atoms with Gasteiger partial charge in [-0.3, -0.25) is 4.79 Å². The molecule has 2 N–H and O–H groups in total. The molecule has 1 aromatic carbocycles. The van der Waals surface area contributed by atoms with E-state index in [1.54, 1.807) is 4.90 Å². The number of carbonyl (C=O) groups is 1. The number of benzene rings is 1. The van der Waals surface area contributed by atoms with Crippen molar-refractivity contribution in [3.05, 3.63) is 30.5 Å². The van der Waals surface area contributed by atoms with E-state index in [2.05, 4.69) is 16.4 Å². The van der Waals surface area contributed by atoms with E-state index in [-0.39, 0.29) is 5.91 Å². The molecular formula is C14H19N3O. The second-order valence-electron chi connectivity index (χ2n) is 4.34. The standard InChI is InChI=1S/C14H19N3O/c1-3-14(18)17(2)9-8-15-13-10-16-12-7-5-4-6-11(12)13/h4-7,10,15-16H,3,8-9H2,1-2H3. The maximum atomic E-state index is 11.4. The monoisotopic (exact) mass is 245 g/mol. The van der Waals surface area contributed by atoms with Gasteiger partial charge < -0.3 is 15.2 Å². The summed E-state index contributed by atoms with van der Waals surface area (Å²) in [6.45, 7) is 3.35. The van der Waals surface area contributed by atoms with Crippen LogP contribution in [-0.4, -0.2) is 35.9 Å². The number of rotatable bonds is 5. The molecular weight excluding hydrogens is 226 g/mol. The van der Waals surface area contributed by atoms with Gasteiger partial charge in [0.2, 0.25) is 5.91 Å². The molecule has 0 atom stereocenters. The number of anilines is 1. The van der Waals surface area contributed by atoms with Gasteiger partial charge in [0.25, 0.3) is 0 Å². The van der Waals surface area contributed by atoms with Gasteiger partial charge in [-0.1, -0.05) is 25.1 Å². The van der Waals surface area contributed by atoms with Crippen LogP contribution in [0, 0.1) is 0 Å². The maximum absolute atomic E-state index is 11.4. The van der Waals surface area contributed by atoms with Crippen LogP contribution in [-0.2, 0) is 4.79 Å².